The molecule has 1 aromatic carbocycles. The Labute approximate surface area is 211 Å². The third-order valence-corrected chi connectivity index (χ3v) is 6.37. The molecule has 36 heavy (non-hydrogen) atoms. The van der Waals surface area contributed by atoms with Gasteiger partial charge in [-0.3, -0.25) is 14.5 Å². The summed E-state index contributed by atoms with van der Waals surface area (Å²) in [6.07, 6.45) is 6.39. The van der Waals surface area contributed by atoms with Gasteiger partial charge in [-0.1, -0.05) is 18.6 Å². The van der Waals surface area contributed by atoms with Crippen LogP contribution in [0.25, 0.3) is 11.1 Å². The van der Waals surface area contributed by atoms with Crippen LogP contribution < -0.4 is 16.0 Å². The molecule has 0 spiro atoms. The molecular formula is C26H34N8O2. The number of primary amides is 1. The van der Waals surface area contributed by atoms with Crippen molar-refractivity contribution >= 4 is 23.6 Å². The molecule has 3 N–H and O–H groups in total. The summed E-state index contributed by atoms with van der Waals surface area (Å²) in [5.41, 5.74) is 8.46. The van der Waals surface area contributed by atoms with Crippen molar-refractivity contribution in [2.24, 2.45) is 5.73 Å². The monoisotopic (exact) mass is 490 g/mol. The van der Waals surface area contributed by atoms with Crippen LogP contribution in [0.2, 0.25) is 0 Å². The van der Waals surface area contributed by atoms with Crippen molar-refractivity contribution in [1.29, 1.82) is 0 Å². The zero-order valence-electron chi connectivity index (χ0n) is 21.3. The molecule has 1 aliphatic heterocycles. The Morgan fingerprint density at radius 1 is 1.22 bits per heavy atom. The first-order valence-corrected chi connectivity index (χ1v) is 12.3. The third-order valence-electron chi connectivity index (χ3n) is 6.37. The van der Waals surface area contributed by atoms with Crippen LogP contribution in [0, 0.1) is 0 Å². The number of likely N-dealkylation sites (tertiary alicyclic amines) is 1. The molecule has 4 rings (SSSR count). The van der Waals surface area contributed by atoms with Crippen molar-refractivity contribution in [2.75, 3.05) is 37.4 Å². The van der Waals surface area contributed by atoms with Gasteiger partial charge in [-0.2, -0.15) is 5.10 Å². The molecule has 1 fully saturated rings. The van der Waals surface area contributed by atoms with Crippen LogP contribution in [0.3, 0.4) is 0 Å². The second-order valence-electron chi connectivity index (χ2n) is 9.59. The van der Waals surface area contributed by atoms with Gasteiger partial charge in [-0.25, -0.2) is 14.6 Å². The number of hydrogen-bond donors (Lipinski definition) is 2. The highest BCUT2D eigenvalue weighted by molar-refractivity contribution is 5.94. The number of aromatic nitrogens is 4. The predicted octanol–water partition coefficient (Wildman–Crippen LogP) is 3.25. The minimum absolute atomic E-state index is 0.0755. The lowest BCUT2D eigenvalue weighted by Gasteiger charge is -2.36. The Balaban J connectivity index is 1.66. The smallest absolute Gasteiger partial charge is 0.248 e. The number of anilines is 2. The van der Waals surface area contributed by atoms with E-state index in [0.29, 0.717) is 17.3 Å². The van der Waals surface area contributed by atoms with Gasteiger partial charge in [0.15, 0.2) is 0 Å². The highest BCUT2D eigenvalue weighted by Gasteiger charge is 2.30. The maximum atomic E-state index is 13.1. The summed E-state index contributed by atoms with van der Waals surface area (Å²) < 4.78 is 1.79. The fraction of sp³-hybridized carbons (Fsp3) is 0.423. The van der Waals surface area contributed by atoms with Gasteiger partial charge in [0, 0.05) is 43.5 Å². The number of carbonyl (C=O) groups is 2. The predicted molar refractivity (Wildman–Crippen MR) is 140 cm³/mol. The van der Waals surface area contributed by atoms with Crippen LogP contribution in [-0.4, -0.2) is 63.6 Å². The standard InChI is InChI=1S/C26H34N8O2/c1-17(2)34-22(11-12-29-34)30-23(35)16-33-13-6-5-10-21(33)24-20(15-28-26(31-24)32(3)4)18-8-7-9-19(14-18)25(27)36/h7-9,11-12,14-15,17,21H,5-6,10,13,16H2,1-4H3,(H2,27,36)(H,30,35). The van der Waals surface area contributed by atoms with Crippen LogP contribution >= 0.6 is 0 Å². The topological polar surface area (TPSA) is 122 Å². The normalized spacial score (nSPS) is 16.2. The largest absolute Gasteiger partial charge is 0.366 e. The summed E-state index contributed by atoms with van der Waals surface area (Å²) in [4.78, 5) is 38.4. The summed E-state index contributed by atoms with van der Waals surface area (Å²) in [6, 6.07) is 9.07. The quantitative estimate of drug-likeness (QED) is 0.497. The van der Waals surface area contributed by atoms with E-state index >= 15 is 0 Å². The molecule has 10 nitrogen and oxygen atoms in total. The van der Waals surface area contributed by atoms with E-state index in [0.717, 1.165) is 42.6 Å². The van der Waals surface area contributed by atoms with Crippen LogP contribution in [0.4, 0.5) is 11.8 Å². The zero-order chi connectivity index (χ0) is 25.8. The number of hydrogen-bond acceptors (Lipinski definition) is 7. The number of benzene rings is 1. The van der Waals surface area contributed by atoms with Crippen molar-refractivity contribution in [3.8, 4) is 11.1 Å². The number of piperidine rings is 1. The second-order valence-corrected chi connectivity index (χ2v) is 9.59. The lowest BCUT2D eigenvalue weighted by molar-refractivity contribution is -0.118. The van der Waals surface area contributed by atoms with E-state index < -0.39 is 5.91 Å². The van der Waals surface area contributed by atoms with Crippen molar-refractivity contribution < 1.29 is 9.59 Å². The Bertz CT molecular complexity index is 1240. The van der Waals surface area contributed by atoms with Gasteiger partial charge < -0.3 is 16.0 Å². The van der Waals surface area contributed by atoms with Crippen molar-refractivity contribution in [1.82, 2.24) is 24.6 Å². The van der Waals surface area contributed by atoms with Gasteiger partial charge in [-0.15, -0.1) is 0 Å². The minimum atomic E-state index is -0.485. The Morgan fingerprint density at radius 3 is 2.75 bits per heavy atom. The maximum absolute atomic E-state index is 13.1. The molecule has 0 aliphatic carbocycles. The molecular weight excluding hydrogens is 456 g/mol. The Hall–Kier alpha value is -3.79. The molecule has 2 aromatic heterocycles. The van der Waals surface area contributed by atoms with Gasteiger partial charge in [-0.05, 0) is 50.9 Å². The average molecular weight is 491 g/mol. The van der Waals surface area contributed by atoms with E-state index in [1.165, 1.54) is 0 Å². The Morgan fingerprint density at radius 2 is 2.03 bits per heavy atom. The summed E-state index contributed by atoms with van der Waals surface area (Å²) >= 11 is 0. The average Bonchev–Trinajstić information content (AvgIpc) is 3.32. The fourth-order valence-electron chi connectivity index (χ4n) is 4.60. The van der Waals surface area contributed by atoms with E-state index in [1.54, 1.807) is 29.2 Å². The number of rotatable bonds is 8. The van der Waals surface area contributed by atoms with E-state index in [2.05, 4.69) is 20.3 Å². The highest BCUT2D eigenvalue weighted by Crippen LogP contribution is 2.36. The first kappa shape index (κ1) is 25.3. The lowest BCUT2D eigenvalue weighted by Crippen LogP contribution is -2.40. The van der Waals surface area contributed by atoms with Gasteiger partial charge in [0.25, 0.3) is 0 Å². The molecule has 0 bridgehead atoms. The van der Waals surface area contributed by atoms with Crippen molar-refractivity contribution in [2.45, 2.75) is 45.2 Å². The molecule has 2 amide bonds. The maximum Gasteiger partial charge on any atom is 0.248 e. The first-order valence-electron chi connectivity index (χ1n) is 12.3. The van der Waals surface area contributed by atoms with E-state index in [-0.39, 0.29) is 24.5 Å². The van der Waals surface area contributed by atoms with Crippen molar-refractivity contribution in [3.05, 3.63) is 54.0 Å². The van der Waals surface area contributed by atoms with E-state index in [9.17, 15) is 9.59 Å². The number of amides is 2. The molecule has 0 radical (unpaired) electrons. The number of carbonyl (C=O) groups excluding carboxylic acids is 2. The second kappa shape index (κ2) is 10.9. The van der Waals surface area contributed by atoms with Crippen LogP contribution in [0.1, 0.15) is 61.2 Å². The van der Waals surface area contributed by atoms with Gasteiger partial charge >= 0.3 is 0 Å². The van der Waals surface area contributed by atoms with Gasteiger partial charge in [0.2, 0.25) is 17.8 Å². The van der Waals surface area contributed by atoms with Gasteiger partial charge in [0.1, 0.15) is 5.82 Å². The SMILES string of the molecule is CC(C)n1nccc1NC(=O)CN1CCCCC1c1nc(N(C)C)ncc1-c1cccc(C(N)=O)c1. The molecule has 3 aromatic rings. The molecule has 1 unspecified atom stereocenters. The number of nitrogens with one attached hydrogen (secondary N) is 1. The molecule has 3 heterocycles. The molecule has 0 saturated carbocycles. The summed E-state index contributed by atoms with van der Waals surface area (Å²) in [6.45, 7) is 5.06. The third kappa shape index (κ3) is 5.54. The minimum Gasteiger partial charge on any atom is -0.366 e. The molecule has 10 heteroatoms. The number of nitrogens with zero attached hydrogens (tertiary/aromatic N) is 6. The molecule has 1 aliphatic rings. The summed E-state index contributed by atoms with van der Waals surface area (Å²) in [5.74, 6) is 0.698. The molecule has 190 valence electrons. The van der Waals surface area contributed by atoms with Crippen LogP contribution in [0.5, 0.6) is 0 Å². The van der Waals surface area contributed by atoms with Crippen molar-refractivity contribution in [3.63, 3.8) is 0 Å². The van der Waals surface area contributed by atoms with Gasteiger partial charge in [0.05, 0.1) is 24.5 Å². The molecule has 1 atom stereocenters. The summed E-state index contributed by atoms with van der Waals surface area (Å²) in [5, 5.41) is 7.32. The van der Waals surface area contributed by atoms with E-state index in [4.69, 9.17) is 10.7 Å². The van der Waals surface area contributed by atoms with Crippen LogP contribution in [0.15, 0.2) is 42.7 Å². The fourth-order valence-corrected chi connectivity index (χ4v) is 4.60. The Kier molecular flexibility index (Phi) is 7.64. The lowest BCUT2D eigenvalue weighted by atomic mass is 9.93. The van der Waals surface area contributed by atoms with E-state index in [1.807, 2.05) is 51.0 Å². The first-order chi connectivity index (χ1) is 17.2. The summed E-state index contributed by atoms with van der Waals surface area (Å²) in [7, 11) is 3.80. The zero-order valence-corrected chi connectivity index (χ0v) is 21.3. The van der Waals surface area contributed by atoms with Crippen LogP contribution in [-0.2, 0) is 4.79 Å². The highest BCUT2D eigenvalue weighted by atomic mass is 16.2. The molecule has 1 saturated heterocycles. The number of nitrogens with two attached hydrogens (primary N) is 1.